The Hall–Kier alpha value is -3.81. The smallest absolute Gasteiger partial charge is 0.410 e. The molecule has 36 heavy (non-hydrogen) atoms. The zero-order chi connectivity index (χ0) is 25.9. The average molecular weight is 492 g/mol. The van der Waals surface area contributed by atoms with Crippen LogP contribution in [0.5, 0.6) is 5.75 Å². The molecule has 2 aromatic carbocycles. The van der Waals surface area contributed by atoms with Crippen LogP contribution in [0.25, 0.3) is 5.57 Å². The van der Waals surface area contributed by atoms with Crippen molar-refractivity contribution in [2.24, 2.45) is 0 Å². The van der Waals surface area contributed by atoms with Gasteiger partial charge in [0.1, 0.15) is 18.0 Å². The number of fused-ring (bicyclic) bond motifs is 1. The number of carbonyl (C=O) groups excluding carboxylic acids is 3. The molecule has 2 heterocycles. The molecule has 0 fully saturated rings. The van der Waals surface area contributed by atoms with Gasteiger partial charge in [0, 0.05) is 37.8 Å². The molecule has 2 aromatic rings. The Morgan fingerprint density at radius 1 is 1.06 bits per heavy atom. The van der Waals surface area contributed by atoms with Gasteiger partial charge in [0.25, 0.3) is 5.91 Å². The number of nitrogens with zero attached hydrogens (tertiary/aromatic N) is 1. The lowest BCUT2D eigenvalue weighted by Crippen LogP contribution is -2.37. The van der Waals surface area contributed by atoms with Gasteiger partial charge in [-0.15, -0.1) is 0 Å². The van der Waals surface area contributed by atoms with E-state index >= 15 is 0 Å². The first kappa shape index (κ1) is 25.3. The predicted molar refractivity (Wildman–Crippen MR) is 138 cm³/mol. The van der Waals surface area contributed by atoms with Gasteiger partial charge in [-0.05, 0) is 80.2 Å². The molecule has 0 saturated heterocycles. The first-order valence-corrected chi connectivity index (χ1v) is 12.2. The maximum atomic E-state index is 12.8. The molecule has 0 aromatic heterocycles. The second kappa shape index (κ2) is 10.4. The summed E-state index contributed by atoms with van der Waals surface area (Å²) in [5, 5.41) is 5.61. The van der Waals surface area contributed by atoms with Crippen molar-refractivity contribution in [1.29, 1.82) is 0 Å². The predicted octanol–water partition coefficient (Wildman–Crippen LogP) is 4.75. The second-order valence-electron chi connectivity index (χ2n) is 10.1. The van der Waals surface area contributed by atoms with Gasteiger partial charge in [-0.3, -0.25) is 9.59 Å². The van der Waals surface area contributed by atoms with E-state index in [-0.39, 0.29) is 17.9 Å². The third-order valence-electron chi connectivity index (χ3n) is 6.13. The molecule has 0 bridgehead atoms. The van der Waals surface area contributed by atoms with Crippen molar-refractivity contribution in [3.63, 3.8) is 0 Å². The Bertz CT molecular complexity index is 1190. The molecule has 4 rings (SSSR count). The van der Waals surface area contributed by atoms with E-state index in [9.17, 15) is 14.4 Å². The number of nitrogens with one attached hydrogen (secondary N) is 2. The fourth-order valence-electron chi connectivity index (χ4n) is 4.38. The van der Waals surface area contributed by atoms with Crippen molar-refractivity contribution in [3.05, 3.63) is 64.7 Å². The van der Waals surface area contributed by atoms with Gasteiger partial charge in [0.05, 0.1) is 0 Å². The summed E-state index contributed by atoms with van der Waals surface area (Å²) in [5.74, 6) is 0.422. The van der Waals surface area contributed by atoms with E-state index in [1.165, 1.54) is 6.92 Å². The molecule has 2 aliphatic heterocycles. The lowest BCUT2D eigenvalue weighted by molar-refractivity contribution is -0.114. The number of hydrogen-bond acceptors (Lipinski definition) is 5. The van der Waals surface area contributed by atoms with Crippen LogP contribution < -0.4 is 15.4 Å². The molecule has 0 spiro atoms. The minimum Gasteiger partial charge on any atom is -0.489 e. The highest BCUT2D eigenvalue weighted by molar-refractivity contribution is 5.98. The average Bonchev–Trinajstić information content (AvgIpc) is 3.04. The summed E-state index contributed by atoms with van der Waals surface area (Å²) >= 11 is 0. The Kier molecular flexibility index (Phi) is 7.33. The van der Waals surface area contributed by atoms with Crippen LogP contribution in [0.15, 0.2) is 48.0 Å². The monoisotopic (exact) mass is 491 g/mol. The van der Waals surface area contributed by atoms with E-state index in [0.717, 1.165) is 28.0 Å². The molecule has 0 atom stereocenters. The largest absolute Gasteiger partial charge is 0.489 e. The van der Waals surface area contributed by atoms with Crippen LogP contribution >= 0.6 is 0 Å². The minimum atomic E-state index is -0.564. The third kappa shape index (κ3) is 6.24. The third-order valence-corrected chi connectivity index (χ3v) is 6.13. The Morgan fingerprint density at radius 3 is 2.47 bits per heavy atom. The van der Waals surface area contributed by atoms with E-state index < -0.39 is 5.60 Å². The summed E-state index contributed by atoms with van der Waals surface area (Å²) in [6.07, 6.45) is 0.951. The van der Waals surface area contributed by atoms with Crippen LogP contribution in [0.4, 0.5) is 10.5 Å². The maximum Gasteiger partial charge on any atom is 0.410 e. The number of amides is 3. The highest BCUT2D eigenvalue weighted by Gasteiger charge is 2.26. The number of rotatable bonds is 5. The van der Waals surface area contributed by atoms with Gasteiger partial charge in [-0.1, -0.05) is 18.2 Å². The fourth-order valence-corrected chi connectivity index (χ4v) is 4.38. The molecule has 0 saturated carbocycles. The zero-order valence-corrected chi connectivity index (χ0v) is 21.3. The van der Waals surface area contributed by atoms with Crippen LogP contribution in [0.1, 0.15) is 62.0 Å². The van der Waals surface area contributed by atoms with Gasteiger partial charge in [-0.25, -0.2) is 4.79 Å². The zero-order valence-electron chi connectivity index (χ0n) is 21.3. The second-order valence-corrected chi connectivity index (χ2v) is 10.1. The van der Waals surface area contributed by atoms with E-state index in [1.54, 1.807) is 11.0 Å². The molecule has 8 nitrogen and oxygen atoms in total. The van der Waals surface area contributed by atoms with Crippen LogP contribution in [0.2, 0.25) is 0 Å². The molecular weight excluding hydrogens is 458 g/mol. The summed E-state index contributed by atoms with van der Waals surface area (Å²) in [6, 6.07) is 13.3. The SMILES string of the molecule is CC(=O)Nc1ccc(C2=C(COc3ccc4c(c3)C(=O)NC4)CCN(C(=O)OC(C)(C)C)CC2)cc1. The summed E-state index contributed by atoms with van der Waals surface area (Å²) in [7, 11) is 0. The van der Waals surface area contributed by atoms with Crippen LogP contribution in [-0.4, -0.2) is 48.1 Å². The van der Waals surface area contributed by atoms with Gasteiger partial charge in [0.2, 0.25) is 5.91 Å². The molecule has 8 heteroatoms. The van der Waals surface area contributed by atoms with E-state index in [4.69, 9.17) is 9.47 Å². The highest BCUT2D eigenvalue weighted by atomic mass is 16.6. The molecule has 3 amide bonds. The van der Waals surface area contributed by atoms with Crippen molar-refractivity contribution >= 4 is 29.2 Å². The van der Waals surface area contributed by atoms with Crippen LogP contribution in [-0.2, 0) is 16.1 Å². The number of anilines is 1. The molecule has 0 radical (unpaired) electrons. The Labute approximate surface area is 211 Å². The van der Waals surface area contributed by atoms with E-state index in [0.29, 0.717) is 50.4 Å². The minimum absolute atomic E-state index is 0.0860. The van der Waals surface area contributed by atoms with Crippen molar-refractivity contribution < 1.29 is 23.9 Å². The van der Waals surface area contributed by atoms with Crippen molar-refractivity contribution in [2.45, 2.75) is 52.7 Å². The van der Waals surface area contributed by atoms with Crippen molar-refractivity contribution in [2.75, 3.05) is 25.0 Å². The maximum absolute atomic E-state index is 12.8. The lowest BCUT2D eigenvalue weighted by Gasteiger charge is -2.26. The lowest BCUT2D eigenvalue weighted by atomic mass is 9.96. The molecule has 2 aliphatic rings. The Balaban J connectivity index is 1.56. The first-order valence-electron chi connectivity index (χ1n) is 12.2. The van der Waals surface area contributed by atoms with E-state index in [2.05, 4.69) is 10.6 Å². The summed E-state index contributed by atoms with van der Waals surface area (Å²) < 4.78 is 11.8. The Morgan fingerprint density at radius 2 is 1.78 bits per heavy atom. The molecule has 0 unspecified atom stereocenters. The van der Waals surface area contributed by atoms with Gasteiger partial charge in [-0.2, -0.15) is 0 Å². The molecule has 0 aliphatic carbocycles. The standard InChI is InChI=1S/C28H33N3O5/c1-18(32)30-22-8-5-19(6-9-22)24-12-14-31(27(34)36-28(2,3)4)13-11-21(24)17-35-23-10-7-20-16-29-26(33)25(20)15-23/h5-10,15H,11-14,16-17H2,1-4H3,(H,29,33)(H,30,32). The number of benzene rings is 2. The topological polar surface area (TPSA) is 97.0 Å². The molecule has 2 N–H and O–H groups in total. The van der Waals surface area contributed by atoms with Gasteiger partial charge < -0.3 is 25.0 Å². The highest BCUT2D eigenvalue weighted by Crippen LogP contribution is 2.30. The number of carbonyl (C=O) groups is 3. The number of hydrogen-bond donors (Lipinski definition) is 2. The molecule has 190 valence electrons. The first-order chi connectivity index (χ1) is 17.1. The summed E-state index contributed by atoms with van der Waals surface area (Å²) in [6.45, 7) is 8.99. The fraction of sp³-hybridized carbons (Fsp3) is 0.393. The summed E-state index contributed by atoms with van der Waals surface area (Å²) in [4.78, 5) is 37.9. The quantitative estimate of drug-likeness (QED) is 0.629. The van der Waals surface area contributed by atoms with E-state index in [1.807, 2.05) is 57.2 Å². The van der Waals surface area contributed by atoms with Gasteiger partial charge in [0.15, 0.2) is 0 Å². The van der Waals surface area contributed by atoms with Crippen molar-refractivity contribution in [3.8, 4) is 5.75 Å². The normalized spacial score (nSPS) is 15.7. The van der Waals surface area contributed by atoms with Crippen molar-refractivity contribution in [1.82, 2.24) is 10.2 Å². The molecular formula is C28H33N3O5. The van der Waals surface area contributed by atoms with Crippen LogP contribution in [0.3, 0.4) is 0 Å². The number of ether oxygens (including phenoxy) is 2. The summed E-state index contributed by atoms with van der Waals surface area (Å²) in [5.41, 5.74) is 4.98. The van der Waals surface area contributed by atoms with Crippen LogP contribution in [0, 0.1) is 0 Å². The van der Waals surface area contributed by atoms with Gasteiger partial charge >= 0.3 is 6.09 Å².